The number of hydrogen-bond donors (Lipinski definition) is 0. The van der Waals surface area contributed by atoms with Crippen LogP contribution in [0.2, 0.25) is 0 Å². The summed E-state index contributed by atoms with van der Waals surface area (Å²) >= 11 is 5.96. The number of rotatable bonds is 6. The molecule has 1 aromatic carbocycles. The van der Waals surface area contributed by atoms with Gasteiger partial charge in [-0.3, -0.25) is 0 Å². The molecule has 0 aliphatic heterocycles. The van der Waals surface area contributed by atoms with Gasteiger partial charge in [0.25, 0.3) is 0 Å². The van der Waals surface area contributed by atoms with Crippen LogP contribution < -0.4 is 14.4 Å². The van der Waals surface area contributed by atoms with Crippen molar-refractivity contribution < 1.29 is 9.47 Å². The highest BCUT2D eigenvalue weighted by atomic mass is 35.5. The van der Waals surface area contributed by atoms with Gasteiger partial charge in [0, 0.05) is 30.0 Å². The van der Waals surface area contributed by atoms with Crippen molar-refractivity contribution in [1.82, 2.24) is 4.98 Å². The molecule has 1 fully saturated rings. The predicted octanol–water partition coefficient (Wildman–Crippen LogP) is 3.46. The summed E-state index contributed by atoms with van der Waals surface area (Å²) in [4.78, 5) is 6.90. The predicted molar refractivity (Wildman–Crippen MR) is 85.9 cm³/mol. The van der Waals surface area contributed by atoms with Crippen molar-refractivity contribution in [1.29, 1.82) is 0 Å². The maximum atomic E-state index is 5.96. The molecule has 4 nitrogen and oxygen atoms in total. The average molecular weight is 307 g/mol. The van der Waals surface area contributed by atoms with Crippen molar-refractivity contribution in [3.05, 3.63) is 24.4 Å². The molecule has 0 bridgehead atoms. The molecule has 5 heteroatoms. The van der Waals surface area contributed by atoms with Gasteiger partial charge in [-0.2, -0.15) is 0 Å². The van der Waals surface area contributed by atoms with E-state index in [-0.39, 0.29) is 0 Å². The second kappa shape index (κ2) is 5.98. The summed E-state index contributed by atoms with van der Waals surface area (Å²) in [5.74, 6) is 3.04. The Hall–Kier alpha value is -1.68. The van der Waals surface area contributed by atoms with Crippen molar-refractivity contribution in [2.45, 2.75) is 18.9 Å². The Morgan fingerprint density at radius 1 is 1.24 bits per heavy atom. The zero-order chi connectivity index (χ0) is 14.8. The molecule has 1 aliphatic rings. The average Bonchev–Trinajstić information content (AvgIpc) is 3.35. The molecule has 0 saturated heterocycles. The number of anilines is 1. The number of ether oxygens (including phenoxy) is 2. The largest absolute Gasteiger partial charge is 0.493 e. The number of aromatic nitrogens is 1. The van der Waals surface area contributed by atoms with Gasteiger partial charge in [0.05, 0.1) is 14.2 Å². The molecule has 0 unspecified atom stereocenters. The van der Waals surface area contributed by atoms with E-state index in [0.29, 0.717) is 11.9 Å². The summed E-state index contributed by atoms with van der Waals surface area (Å²) in [6.07, 6.45) is 4.26. The first-order chi connectivity index (χ1) is 10.3. The van der Waals surface area contributed by atoms with E-state index in [0.717, 1.165) is 34.6 Å². The van der Waals surface area contributed by atoms with E-state index in [2.05, 4.69) is 9.88 Å². The van der Waals surface area contributed by atoms with Crippen LogP contribution in [0.3, 0.4) is 0 Å². The molecular formula is C16H19ClN2O2. The zero-order valence-electron chi connectivity index (χ0n) is 12.3. The molecule has 1 saturated carbocycles. The van der Waals surface area contributed by atoms with E-state index in [4.69, 9.17) is 21.1 Å². The van der Waals surface area contributed by atoms with Crippen LogP contribution in [0.15, 0.2) is 24.4 Å². The molecule has 1 aromatic heterocycles. The Balaban J connectivity index is 2.13. The molecule has 3 rings (SSSR count). The molecule has 0 spiro atoms. The number of methoxy groups -OCH3 is 2. The van der Waals surface area contributed by atoms with Gasteiger partial charge < -0.3 is 14.4 Å². The van der Waals surface area contributed by atoms with Crippen molar-refractivity contribution >= 4 is 28.2 Å². The molecule has 2 aromatic rings. The highest BCUT2D eigenvalue weighted by Gasteiger charge is 2.30. The van der Waals surface area contributed by atoms with E-state index in [1.807, 2.05) is 24.4 Å². The second-order valence-electron chi connectivity index (χ2n) is 5.18. The highest BCUT2D eigenvalue weighted by molar-refractivity contribution is 6.18. The number of pyridine rings is 1. The summed E-state index contributed by atoms with van der Waals surface area (Å²) in [6.45, 7) is 0.812. The normalized spacial score (nSPS) is 14.2. The number of nitrogens with zero attached hydrogens (tertiary/aromatic N) is 2. The van der Waals surface area contributed by atoms with E-state index in [9.17, 15) is 0 Å². The summed E-state index contributed by atoms with van der Waals surface area (Å²) in [5.41, 5.74) is 0. The molecule has 1 aliphatic carbocycles. The number of fused-ring (bicyclic) bond motifs is 1. The van der Waals surface area contributed by atoms with Gasteiger partial charge in [0.2, 0.25) is 0 Å². The SMILES string of the molecule is COc1cc2ccnc(N(CCCl)C3CC3)c2cc1OC. The first-order valence-corrected chi connectivity index (χ1v) is 7.65. The van der Waals surface area contributed by atoms with E-state index in [1.165, 1.54) is 12.8 Å². The Morgan fingerprint density at radius 2 is 1.95 bits per heavy atom. The smallest absolute Gasteiger partial charge is 0.161 e. The monoisotopic (exact) mass is 306 g/mol. The van der Waals surface area contributed by atoms with Crippen molar-refractivity contribution in [3.8, 4) is 11.5 Å². The number of halogens is 1. The maximum Gasteiger partial charge on any atom is 0.161 e. The van der Waals surface area contributed by atoms with E-state index < -0.39 is 0 Å². The lowest BCUT2D eigenvalue weighted by atomic mass is 10.1. The van der Waals surface area contributed by atoms with Gasteiger partial charge in [-0.15, -0.1) is 11.6 Å². The van der Waals surface area contributed by atoms with Crippen LogP contribution in [0.4, 0.5) is 5.82 Å². The third kappa shape index (κ3) is 2.72. The van der Waals surface area contributed by atoms with Gasteiger partial charge >= 0.3 is 0 Å². The van der Waals surface area contributed by atoms with E-state index >= 15 is 0 Å². The van der Waals surface area contributed by atoms with Crippen molar-refractivity contribution in [2.24, 2.45) is 0 Å². The standard InChI is InChI=1S/C16H19ClN2O2/c1-20-14-9-11-5-7-18-16(13(11)10-15(14)21-2)19(8-6-17)12-3-4-12/h5,7,9-10,12H,3-4,6,8H2,1-2H3. The lowest BCUT2D eigenvalue weighted by Gasteiger charge is -2.24. The number of hydrogen-bond acceptors (Lipinski definition) is 4. The van der Waals surface area contributed by atoms with Gasteiger partial charge in [-0.25, -0.2) is 4.98 Å². The van der Waals surface area contributed by atoms with Gasteiger partial charge in [0.15, 0.2) is 11.5 Å². The molecule has 0 N–H and O–H groups in total. The lowest BCUT2D eigenvalue weighted by molar-refractivity contribution is 0.356. The Labute approximate surface area is 129 Å². The van der Waals surface area contributed by atoms with Crippen LogP contribution in [-0.4, -0.2) is 37.7 Å². The molecule has 21 heavy (non-hydrogen) atoms. The quantitative estimate of drug-likeness (QED) is 0.766. The molecule has 1 heterocycles. The molecule has 0 amide bonds. The van der Waals surface area contributed by atoms with Crippen LogP contribution in [0.5, 0.6) is 11.5 Å². The minimum absolute atomic E-state index is 0.565. The van der Waals surface area contributed by atoms with Gasteiger partial charge in [0.1, 0.15) is 5.82 Å². The first kappa shape index (κ1) is 14.3. The summed E-state index contributed by atoms with van der Waals surface area (Å²) in [5, 5.41) is 2.17. The Morgan fingerprint density at radius 3 is 2.57 bits per heavy atom. The van der Waals surface area contributed by atoms with E-state index in [1.54, 1.807) is 14.2 Å². The zero-order valence-corrected chi connectivity index (χ0v) is 13.1. The Kier molecular flexibility index (Phi) is 4.06. The summed E-state index contributed by atoms with van der Waals surface area (Å²) < 4.78 is 10.8. The molecule has 112 valence electrons. The fraction of sp³-hybridized carbons (Fsp3) is 0.438. The minimum atomic E-state index is 0.565. The van der Waals surface area contributed by atoms with Crippen LogP contribution >= 0.6 is 11.6 Å². The topological polar surface area (TPSA) is 34.6 Å². The highest BCUT2D eigenvalue weighted by Crippen LogP contribution is 2.38. The summed E-state index contributed by atoms with van der Waals surface area (Å²) in [6, 6.07) is 6.55. The summed E-state index contributed by atoms with van der Waals surface area (Å²) in [7, 11) is 3.30. The number of benzene rings is 1. The third-order valence-electron chi connectivity index (χ3n) is 3.83. The minimum Gasteiger partial charge on any atom is -0.493 e. The molecule has 0 atom stereocenters. The van der Waals surface area contributed by atoms with Crippen LogP contribution in [0, 0.1) is 0 Å². The fourth-order valence-corrected chi connectivity index (χ4v) is 2.83. The second-order valence-corrected chi connectivity index (χ2v) is 5.55. The Bertz CT molecular complexity index is 643. The molecule has 0 radical (unpaired) electrons. The first-order valence-electron chi connectivity index (χ1n) is 7.12. The van der Waals surface area contributed by atoms with Crippen LogP contribution in [0.25, 0.3) is 10.8 Å². The van der Waals surface area contributed by atoms with Gasteiger partial charge in [-0.05, 0) is 36.4 Å². The van der Waals surface area contributed by atoms with Crippen molar-refractivity contribution in [2.75, 3.05) is 31.5 Å². The maximum absolute atomic E-state index is 5.96. The lowest BCUT2D eigenvalue weighted by Crippen LogP contribution is -2.28. The third-order valence-corrected chi connectivity index (χ3v) is 4.00. The fourth-order valence-electron chi connectivity index (χ4n) is 2.65. The number of alkyl halides is 1. The van der Waals surface area contributed by atoms with Crippen molar-refractivity contribution in [3.63, 3.8) is 0 Å². The van der Waals surface area contributed by atoms with Gasteiger partial charge in [-0.1, -0.05) is 0 Å². The van der Waals surface area contributed by atoms with Crippen LogP contribution in [0.1, 0.15) is 12.8 Å². The molecular weight excluding hydrogens is 288 g/mol. The van der Waals surface area contributed by atoms with Crippen LogP contribution in [-0.2, 0) is 0 Å².